The second-order valence-electron chi connectivity index (χ2n) is 4.45. The summed E-state index contributed by atoms with van der Waals surface area (Å²) in [6.45, 7) is 5.05. The number of anilines is 1. The summed E-state index contributed by atoms with van der Waals surface area (Å²) in [4.78, 5) is 15.6. The second-order valence-corrected chi connectivity index (χ2v) is 5.26. The van der Waals surface area contributed by atoms with Crippen molar-refractivity contribution in [2.45, 2.75) is 6.42 Å². The van der Waals surface area contributed by atoms with E-state index in [-0.39, 0.29) is 18.3 Å². The van der Waals surface area contributed by atoms with E-state index in [1.807, 2.05) is 14.1 Å². The largest absolute Gasteiger partial charge is 0.309 e. The van der Waals surface area contributed by atoms with Crippen molar-refractivity contribution in [3.8, 4) is 0 Å². The first-order valence-electron chi connectivity index (χ1n) is 5.99. The molecule has 1 aromatic rings. The molecule has 0 N–H and O–H groups in total. The Hall–Kier alpha value is -0.740. The molecule has 0 aromatic heterocycles. The van der Waals surface area contributed by atoms with Crippen LogP contribution in [0.5, 0.6) is 0 Å². The summed E-state index contributed by atoms with van der Waals surface area (Å²) in [6.07, 6.45) is 2.17. The zero-order valence-corrected chi connectivity index (χ0v) is 13.9. The van der Waals surface area contributed by atoms with Gasteiger partial charge in [-0.05, 0) is 51.3 Å². The van der Waals surface area contributed by atoms with Gasteiger partial charge in [-0.1, -0.05) is 29.8 Å². The number of hydrogen-bond donors (Lipinski definition) is 0. The van der Waals surface area contributed by atoms with Gasteiger partial charge >= 0.3 is 0 Å². The van der Waals surface area contributed by atoms with Crippen LogP contribution in [0.15, 0.2) is 30.9 Å². The molecule has 1 aromatic carbocycles. The van der Waals surface area contributed by atoms with Crippen LogP contribution in [-0.2, 0) is 4.79 Å². The van der Waals surface area contributed by atoms with Crippen molar-refractivity contribution in [1.29, 1.82) is 0 Å². The summed E-state index contributed by atoms with van der Waals surface area (Å²) in [7, 11) is 4.00. The fourth-order valence-corrected chi connectivity index (χ4v) is 1.97. The Bertz CT molecular complexity index is 464. The number of nitrogens with zero attached hydrogens (tertiary/aromatic N) is 2. The number of carbonyl (C=O) groups is 1. The Labute approximate surface area is 136 Å². The van der Waals surface area contributed by atoms with Crippen LogP contribution >= 0.6 is 35.6 Å². The lowest BCUT2D eigenvalue weighted by molar-refractivity contribution is -0.114. The number of rotatable bonds is 6. The molecular weight excluding hydrogens is 319 g/mol. The molecule has 0 spiro atoms. The molecule has 20 heavy (non-hydrogen) atoms. The maximum absolute atomic E-state index is 11.9. The maximum Gasteiger partial charge on any atom is 0.250 e. The van der Waals surface area contributed by atoms with Crippen LogP contribution < -0.4 is 4.90 Å². The molecule has 3 nitrogen and oxygen atoms in total. The van der Waals surface area contributed by atoms with E-state index in [1.165, 1.54) is 6.08 Å². The fourth-order valence-electron chi connectivity index (χ4n) is 1.67. The van der Waals surface area contributed by atoms with Gasteiger partial charge in [0.1, 0.15) is 0 Å². The highest BCUT2D eigenvalue weighted by molar-refractivity contribution is 6.42. The normalized spacial score (nSPS) is 10.1. The van der Waals surface area contributed by atoms with Crippen LogP contribution in [0.4, 0.5) is 5.69 Å². The predicted molar refractivity (Wildman–Crippen MR) is 89.4 cm³/mol. The topological polar surface area (TPSA) is 23.6 Å². The third kappa shape index (κ3) is 5.71. The van der Waals surface area contributed by atoms with Crippen molar-refractivity contribution >= 4 is 47.2 Å². The highest BCUT2D eigenvalue weighted by atomic mass is 35.5. The quantitative estimate of drug-likeness (QED) is 0.735. The lowest BCUT2D eigenvalue weighted by atomic mass is 10.2. The molecule has 1 amide bonds. The zero-order valence-electron chi connectivity index (χ0n) is 11.6. The summed E-state index contributed by atoms with van der Waals surface area (Å²) in [6, 6.07) is 5.17. The van der Waals surface area contributed by atoms with Crippen LogP contribution in [0.3, 0.4) is 0 Å². The molecule has 0 saturated heterocycles. The summed E-state index contributed by atoms with van der Waals surface area (Å²) in [5.41, 5.74) is 0.734. The van der Waals surface area contributed by atoms with E-state index in [0.717, 1.165) is 18.7 Å². The molecule has 0 unspecified atom stereocenters. The minimum absolute atomic E-state index is 0. The third-order valence-corrected chi connectivity index (χ3v) is 3.38. The lowest BCUT2D eigenvalue weighted by Gasteiger charge is -2.22. The molecule has 0 atom stereocenters. The first-order valence-corrected chi connectivity index (χ1v) is 6.75. The minimum atomic E-state index is -0.142. The molecule has 0 aliphatic rings. The Balaban J connectivity index is 0.00000361. The molecule has 112 valence electrons. The molecule has 0 saturated carbocycles. The third-order valence-electron chi connectivity index (χ3n) is 2.64. The van der Waals surface area contributed by atoms with Crippen LogP contribution in [-0.4, -0.2) is 38.0 Å². The zero-order chi connectivity index (χ0) is 14.4. The van der Waals surface area contributed by atoms with E-state index in [1.54, 1.807) is 23.1 Å². The number of hydrogen-bond acceptors (Lipinski definition) is 2. The average molecular weight is 338 g/mol. The van der Waals surface area contributed by atoms with Gasteiger partial charge in [0.2, 0.25) is 5.91 Å². The molecule has 0 heterocycles. The second kappa shape index (κ2) is 9.24. The molecule has 0 aliphatic heterocycles. The van der Waals surface area contributed by atoms with Crippen molar-refractivity contribution in [3.05, 3.63) is 40.9 Å². The predicted octanol–water partition coefficient (Wildman–Crippen LogP) is 3.89. The van der Waals surface area contributed by atoms with Gasteiger partial charge in [0.15, 0.2) is 0 Å². The molecular formula is C14H19Cl3N2O. The van der Waals surface area contributed by atoms with Gasteiger partial charge in [0.05, 0.1) is 10.0 Å². The molecule has 0 bridgehead atoms. The van der Waals surface area contributed by atoms with Crippen LogP contribution in [0.2, 0.25) is 10.0 Å². The highest BCUT2D eigenvalue weighted by Gasteiger charge is 2.13. The first kappa shape index (κ1) is 19.3. The average Bonchev–Trinajstić information content (AvgIpc) is 2.37. The van der Waals surface area contributed by atoms with E-state index in [9.17, 15) is 4.79 Å². The van der Waals surface area contributed by atoms with E-state index in [4.69, 9.17) is 23.2 Å². The maximum atomic E-state index is 11.9. The van der Waals surface area contributed by atoms with Gasteiger partial charge in [-0.15, -0.1) is 12.4 Å². The molecule has 0 fully saturated rings. The van der Waals surface area contributed by atoms with Crippen molar-refractivity contribution in [3.63, 3.8) is 0 Å². The van der Waals surface area contributed by atoms with Crippen LogP contribution in [0.25, 0.3) is 0 Å². The fraction of sp³-hybridized carbons (Fsp3) is 0.357. The summed E-state index contributed by atoms with van der Waals surface area (Å²) in [5, 5.41) is 0.915. The van der Waals surface area contributed by atoms with Crippen molar-refractivity contribution in [2.24, 2.45) is 0 Å². The Kier molecular flexibility index (Phi) is 8.90. The first-order chi connectivity index (χ1) is 8.95. The molecule has 1 rings (SSSR count). The van der Waals surface area contributed by atoms with E-state index in [2.05, 4.69) is 11.5 Å². The van der Waals surface area contributed by atoms with Gasteiger partial charge in [-0.25, -0.2) is 0 Å². The standard InChI is InChI=1S/C14H18Cl2N2O.ClH/c1-4-14(19)18(9-5-8-17(2)3)11-6-7-12(15)13(16)10-11;/h4,6-7,10H,1,5,8-9H2,2-3H3;1H. The number of benzene rings is 1. The monoisotopic (exact) mass is 336 g/mol. The Morgan fingerprint density at radius 3 is 2.40 bits per heavy atom. The minimum Gasteiger partial charge on any atom is -0.309 e. The summed E-state index contributed by atoms with van der Waals surface area (Å²) < 4.78 is 0. The smallest absolute Gasteiger partial charge is 0.250 e. The molecule has 6 heteroatoms. The van der Waals surface area contributed by atoms with Gasteiger partial charge in [0.25, 0.3) is 0 Å². The SMILES string of the molecule is C=CC(=O)N(CCCN(C)C)c1ccc(Cl)c(Cl)c1.Cl. The summed E-state index contributed by atoms with van der Waals surface area (Å²) >= 11 is 11.9. The molecule has 0 radical (unpaired) electrons. The lowest BCUT2D eigenvalue weighted by Crippen LogP contribution is -2.32. The number of halogens is 3. The van der Waals surface area contributed by atoms with Gasteiger partial charge in [-0.2, -0.15) is 0 Å². The highest BCUT2D eigenvalue weighted by Crippen LogP contribution is 2.27. The van der Waals surface area contributed by atoms with Gasteiger partial charge in [-0.3, -0.25) is 4.79 Å². The van der Waals surface area contributed by atoms with E-state index < -0.39 is 0 Å². The van der Waals surface area contributed by atoms with Crippen LogP contribution in [0, 0.1) is 0 Å². The van der Waals surface area contributed by atoms with Gasteiger partial charge in [0, 0.05) is 12.2 Å². The van der Waals surface area contributed by atoms with Gasteiger partial charge < -0.3 is 9.80 Å². The number of amides is 1. The Morgan fingerprint density at radius 2 is 1.90 bits per heavy atom. The van der Waals surface area contributed by atoms with E-state index >= 15 is 0 Å². The van der Waals surface area contributed by atoms with Crippen molar-refractivity contribution in [2.75, 3.05) is 32.1 Å². The van der Waals surface area contributed by atoms with Crippen LogP contribution in [0.1, 0.15) is 6.42 Å². The van der Waals surface area contributed by atoms with Crippen molar-refractivity contribution in [1.82, 2.24) is 4.90 Å². The molecule has 0 aliphatic carbocycles. The van der Waals surface area contributed by atoms with Crippen molar-refractivity contribution < 1.29 is 4.79 Å². The van der Waals surface area contributed by atoms with E-state index in [0.29, 0.717) is 16.6 Å². The number of carbonyl (C=O) groups excluding carboxylic acids is 1. The Morgan fingerprint density at radius 1 is 1.25 bits per heavy atom. The summed E-state index contributed by atoms with van der Waals surface area (Å²) in [5.74, 6) is -0.142.